The maximum Gasteiger partial charge on any atom is 0.237 e. The Balaban J connectivity index is 3.00. The summed E-state index contributed by atoms with van der Waals surface area (Å²) in [5.74, 6) is 1.69. The molecule has 0 aliphatic heterocycles. The van der Waals surface area contributed by atoms with Crippen LogP contribution in [0.3, 0.4) is 0 Å². The molecule has 1 amide bonds. The highest BCUT2D eigenvalue weighted by Crippen LogP contribution is 2.41. The number of amides is 1. The van der Waals surface area contributed by atoms with Gasteiger partial charge in [0.15, 0.2) is 0 Å². The van der Waals surface area contributed by atoms with Crippen LogP contribution in [0.4, 0.5) is 5.69 Å². The van der Waals surface area contributed by atoms with Gasteiger partial charge in [0.1, 0.15) is 22.9 Å². The van der Waals surface area contributed by atoms with E-state index in [0.717, 1.165) is 25.7 Å². The third-order valence-corrected chi connectivity index (χ3v) is 7.25. The Kier molecular flexibility index (Phi) is 13.6. The molecule has 1 aromatic rings. The lowest BCUT2D eigenvalue weighted by Gasteiger charge is -2.29. The van der Waals surface area contributed by atoms with Gasteiger partial charge in [-0.3, -0.25) is 4.79 Å². The first-order valence-corrected chi connectivity index (χ1v) is 13.0. The number of hydrogen-bond acceptors (Lipinski definition) is 5. The molecule has 5 nitrogen and oxygen atoms in total. The van der Waals surface area contributed by atoms with E-state index >= 15 is 0 Å². The number of benzene rings is 1. The van der Waals surface area contributed by atoms with E-state index in [0.29, 0.717) is 22.9 Å². The summed E-state index contributed by atoms with van der Waals surface area (Å²) in [6, 6.07) is 3.53. The van der Waals surface area contributed by atoms with Gasteiger partial charge in [-0.15, -0.1) is 11.8 Å². The van der Waals surface area contributed by atoms with E-state index in [2.05, 4.69) is 33.0 Å². The SMILES string of the molecule is CCCCCCC(SC(C)(C)CCCCCC)C(=O)Nc1c(OC)cc(OC)cc1OC. The average Bonchev–Trinajstić information content (AvgIpc) is 2.78. The van der Waals surface area contributed by atoms with Crippen LogP contribution in [0.2, 0.25) is 0 Å². The van der Waals surface area contributed by atoms with Crippen LogP contribution in [0.15, 0.2) is 12.1 Å². The van der Waals surface area contributed by atoms with E-state index < -0.39 is 0 Å². The summed E-state index contributed by atoms with van der Waals surface area (Å²) >= 11 is 1.81. The molecule has 1 aromatic carbocycles. The zero-order valence-electron chi connectivity index (χ0n) is 21.3. The first kappa shape index (κ1) is 28.5. The Hall–Kier alpha value is -1.56. The predicted molar refractivity (Wildman–Crippen MR) is 138 cm³/mol. The van der Waals surface area contributed by atoms with Crippen molar-refractivity contribution in [3.63, 3.8) is 0 Å². The van der Waals surface area contributed by atoms with Gasteiger partial charge < -0.3 is 19.5 Å². The monoisotopic (exact) mass is 467 g/mol. The second-order valence-electron chi connectivity index (χ2n) is 8.92. The summed E-state index contributed by atoms with van der Waals surface area (Å²) in [4.78, 5) is 13.4. The summed E-state index contributed by atoms with van der Waals surface area (Å²) in [7, 11) is 4.76. The zero-order valence-corrected chi connectivity index (χ0v) is 22.2. The van der Waals surface area contributed by atoms with Gasteiger partial charge in [-0.05, 0) is 12.8 Å². The molecule has 184 valence electrons. The number of unbranched alkanes of at least 4 members (excludes halogenated alkanes) is 6. The highest BCUT2D eigenvalue weighted by atomic mass is 32.2. The largest absolute Gasteiger partial charge is 0.496 e. The molecule has 1 rings (SSSR count). The van der Waals surface area contributed by atoms with Crippen molar-refractivity contribution in [1.82, 2.24) is 0 Å². The Labute approximate surface area is 200 Å². The normalized spacial score (nSPS) is 12.3. The number of anilines is 1. The molecule has 1 atom stereocenters. The van der Waals surface area contributed by atoms with Crippen molar-refractivity contribution < 1.29 is 19.0 Å². The molecule has 0 spiro atoms. The summed E-state index contributed by atoms with van der Waals surface area (Å²) in [6.45, 7) is 8.98. The molecule has 0 saturated carbocycles. The average molecular weight is 468 g/mol. The van der Waals surface area contributed by atoms with Crippen molar-refractivity contribution in [1.29, 1.82) is 0 Å². The van der Waals surface area contributed by atoms with Crippen LogP contribution in [-0.4, -0.2) is 37.2 Å². The van der Waals surface area contributed by atoms with Gasteiger partial charge >= 0.3 is 0 Å². The minimum atomic E-state index is -0.121. The molecule has 1 N–H and O–H groups in total. The van der Waals surface area contributed by atoms with Crippen molar-refractivity contribution in [2.45, 2.75) is 102 Å². The van der Waals surface area contributed by atoms with Gasteiger partial charge in [0.25, 0.3) is 0 Å². The standard InChI is InChI=1S/C26H45NO4S/c1-8-10-12-14-16-23(32-26(3,4)17-15-13-11-9-2)25(28)27-24-21(30-6)18-20(29-5)19-22(24)31-7/h18-19,23H,8-17H2,1-7H3,(H,27,28). The van der Waals surface area contributed by atoms with E-state index in [1.807, 2.05) is 0 Å². The lowest BCUT2D eigenvalue weighted by Crippen LogP contribution is -2.30. The molecule has 1 unspecified atom stereocenters. The topological polar surface area (TPSA) is 56.8 Å². The number of hydrogen-bond donors (Lipinski definition) is 1. The highest BCUT2D eigenvalue weighted by molar-refractivity contribution is 8.01. The van der Waals surface area contributed by atoms with Gasteiger partial charge in [0.2, 0.25) is 5.91 Å². The van der Waals surface area contributed by atoms with Crippen molar-refractivity contribution in [2.75, 3.05) is 26.6 Å². The summed E-state index contributed by atoms with van der Waals surface area (Å²) in [5, 5.41) is 2.99. The molecule has 6 heteroatoms. The molecular formula is C26H45NO4S. The van der Waals surface area contributed by atoms with Crippen molar-refractivity contribution in [2.24, 2.45) is 0 Å². The van der Waals surface area contributed by atoms with Gasteiger partial charge in [-0.2, -0.15) is 0 Å². The highest BCUT2D eigenvalue weighted by Gasteiger charge is 2.29. The molecule has 0 bridgehead atoms. The van der Waals surface area contributed by atoms with Crippen LogP contribution in [-0.2, 0) is 4.79 Å². The Bertz CT molecular complexity index is 653. The predicted octanol–water partition coefficient (Wildman–Crippen LogP) is 7.47. The first-order chi connectivity index (χ1) is 15.3. The summed E-state index contributed by atoms with van der Waals surface area (Å²) < 4.78 is 16.4. The van der Waals surface area contributed by atoms with Gasteiger partial charge in [0, 0.05) is 16.9 Å². The van der Waals surface area contributed by atoms with E-state index in [1.54, 1.807) is 45.2 Å². The second-order valence-corrected chi connectivity index (χ2v) is 10.8. The lowest BCUT2D eigenvalue weighted by atomic mass is 10.0. The Morgan fingerprint density at radius 3 is 1.97 bits per heavy atom. The van der Waals surface area contributed by atoms with Gasteiger partial charge in [0.05, 0.1) is 26.6 Å². The zero-order chi connectivity index (χ0) is 24.0. The van der Waals surface area contributed by atoms with Gasteiger partial charge in [-0.1, -0.05) is 79.1 Å². The molecule has 0 aliphatic carbocycles. The number of nitrogens with one attached hydrogen (secondary N) is 1. The molecule has 0 heterocycles. The van der Waals surface area contributed by atoms with Crippen molar-refractivity contribution in [3.8, 4) is 17.2 Å². The number of thioether (sulfide) groups is 1. The van der Waals surface area contributed by atoms with Crippen LogP contribution in [0.1, 0.15) is 91.9 Å². The summed E-state index contributed by atoms with van der Waals surface area (Å²) in [5.41, 5.74) is 0.556. The fourth-order valence-corrected chi connectivity index (χ4v) is 5.24. The summed E-state index contributed by atoms with van der Waals surface area (Å²) in [6.07, 6.45) is 11.6. The van der Waals surface area contributed by atoms with Crippen LogP contribution in [0.5, 0.6) is 17.2 Å². The number of rotatable bonds is 17. The molecule has 0 radical (unpaired) electrons. The maximum atomic E-state index is 13.4. The van der Waals surface area contributed by atoms with Crippen LogP contribution >= 0.6 is 11.8 Å². The van der Waals surface area contributed by atoms with Gasteiger partial charge in [-0.25, -0.2) is 0 Å². The molecule has 0 aliphatic rings. The molecular weight excluding hydrogens is 422 g/mol. The maximum absolute atomic E-state index is 13.4. The second kappa shape index (κ2) is 15.3. The van der Waals surface area contributed by atoms with E-state index in [-0.39, 0.29) is 15.9 Å². The number of ether oxygens (including phenoxy) is 3. The first-order valence-electron chi connectivity index (χ1n) is 12.1. The minimum absolute atomic E-state index is 0.00917. The minimum Gasteiger partial charge on any atom is -0.496 e. The smallest absolute Gasteiger partial charge is 0.237 e. The van der Waals surface area contributed by atoms with Crippen LogP contribution < -0.4 is 19.5 Å². The number of methoxy groups -OCH3 is 3. The van der Waals surface area contributed by atoms with Crippen LogP contribution in [0, 0.1) is 0 Å². The van der Waals surface area contributed by atoms with Crippen LogP contribution in [0.25, 0.3) is 0 Å². The lowest BCUT2D eigenvalue weighted by molar-refractivity contribution is -0.115. The van der Waals surface area contributed by atoms with Crippen molar-refractivity contribution in [3.05, 3.63) is 12.1 Å². The third-order valence-electron chi connectivity index (χ3n) is 5.67. The Morgan fingerprint density at radius 1 is 0.906 bits per heavy atom. The fourth-order valence-electron chi connectivity index (χ4n) is 3.75. The fraction of sp³-hybridized carbons (Fsp3) is 0.731. The number of carbonyl (C=O) groups excluding carboxylic acids is 1. The number of carbonyl (C=O) groups is 1. The van der Waals surface area contributed by atoms with Crippen molar-refractivity contribution >= 4 is 23.4 Å². The third kappa shape index (κ3) is 9.93. The van der Waals surface area contributed by atoms with E-state index in [4.69, 9.17) is 14.2 Å². The van der Waals surface area contributed by atoms with E-state index in [9.17, 15) is 4.79 Å². The molecule has 0 aromatic heterocycles. The quantitative estimate of drug-likeness (QED) is 0.241. The Morgan fingerprint density at radius 2 is 1.47 bits per heavy atom. The van der Waals surface area contributed by atoms with E-state index in [1.165, 1.54) is 38.5 Å². The molecule has 0 saturated heterocycles. The molecule has 0 fully saturated rings. The molecule has 32 heavy (non-hydrogen) atoms.